The highest BCUT2D eigenvalue weighted by Crippen LogP contribution is 2.31. The van der Waals surface area contributed by atoms with E-state index in [9.17, 15) is 0 Å². The van der Waals surface area contributed by atoms with Gasteiger partial charge in [0.15, 0.2) is 0 Å². The van der Waals surface area contributed by atoms with E-state index in [4.69, 9.17) is 5.26 Å². The fourth-order valence-electron chi connectivity index (χ4n) is 2.65. The predicted octanol–water partition coefficient (Wildman–Crippen LogP) is 4.56. The number of nitrogens with one attached hydrogen (secondary N) is 1. The Morgan fingerprint density at radius 3 is 2.67 bits per heavy atom. The van der Waals surface area contributed by atoms with Crippen LogP contribution in [0.25, 0.3) is 0 Å². The summed E-state index contributed by atoms with van der Waals surface area (Å²) >= 11 is 3.45. The van der Waals surface area contributed by atoms with Gasteiger partial charge in [0.25, 0.3) is 0 Å². The van der Waals surface area contributed by atoms with Crippen LogP contribution in [0.5, 0.6) is 0 Å². The largest absolute Gasteiger partial charge is 0.382 e. The molecule has 3 unspecified atom stereocenters. The molecule has 0 aromatic heterocycles. The van der Waals surface area contributed by atoms with Gasteiger partial charge < -0.3 is 5.32 Å². The molecule has 0 spiro atoms. The molecule has 3 heteroatoms. The maximum absolute atomic E-state index is 8.97. The Hall–Kier alpha value is -1.01. The zero-order valence-corrected chi connectivity index (χ0v) is 12.5. The molecule has 0 saturated heterocycles. The lowest BCUT2D eigenvalue weighted by Gasteiger charge is -2.33. The van der Waals surface area contributed by atoms with Gasteiger partial charge in [0.1, 0.15) is 0 Å². The molecule has 1 N–H and O–H groups in total. The molecular weight excluding hydrogens is 288 g/mol. The van der Waals surface area contributed by atoms with Crippen LogP contribution in [0, 0.1) is 23.2 Å². The van der Waals surface area contributed by atoms with Crippen LogP contribution >= 0.6 is 15.9 Å². The summed E-state index contributed by atoms with van der Waals surface area (Å²) < 4.78 is 0.960. The average molecular weight is 307 g/mol. The molecule has 1 fully saturated rings. The van der Waals surface area contributed by atoms with Crippen molar-refractivity contribution in [3.8, 4) is 6.07 Å². The van der Waals surface area contributed by atoms with Crippen LogP contribution in [-0.2, 0) is 0 Å². The number of rotatable bonds is 2. The Morgan fingerprint density at radius 1 is 1.22 bits per heavy atom. The van der Waals surface area contributed by atoms with E-state index in [-0.39, 0.29) is 0 Å². The number of hydrogen-bond acceptors (Lipinski definition) is 2. The second kappa shape index (κ2) is 5.75. The molecule has 0 amide bonds. The van der Waals surface area contributed by atoms with Gasteiger partial charge in [-0.1, -0.05) is 29.8 Å². The predicted molar refractivity (Wildman–Crippen MR) is 78.4 cm³/mol. The Labute approximate surface area is 118 Å². The Kier molecular flexibility index (Phi) is 4.29. The van der Waals surface area contributed by atoms with Crippen molar-refractivity contribution in [2.75, 3.05) is 5.32 Å². The quantitative estimate of drug-likeness (QED) is 0.869. The number of anilines is 1. The van der Waals surface area contributed by atoms with E-state index in [0.29, 0.717) is 11.6 Å². The highest BCUT2D eigenvalue weighted by molar-refractivity contribution is 9.10. The van der Waals surface area contributed by atoms with Crippen molar-refractivity contribution < 1.29 is 0 Å². The smallest absolute Gasteiger partial charge is 0.0992 e. The zero-order chi connectivity index (χ0) is 13.1. The van der Waals surface area contributed by atoms with E-state index in [1.54, 1.807) is 0 Å². The fraction of sp³-hybridized carbons (Fsp3) is 0.533. The summed E-state index contributed by atoms with van der Waals surface area (Å²) in [5.74, 6) is 1.61. The maximum atomic E-state index is 8.97. The van der Waals surface area contributed by atoms with Crippen LogP contribution in [-0.4, -0.2) is 6.04 Å². The van der Waals surface area contributed by atoms with E-state index in [2.05, 4.69) is 41.2 Å². The van der Waals surface area contributed by atoms with E-state index in [0.717, 1.165) is 22.0 Å². The molecule has 2 nitrogen and oxygen atoms in total. The first-order chi connectivity index (χ1) is 8.58. The number of nitrogens with zero attached hydrogens (tertiary/aromatic N) is 1. The minimum atomic E-state index is 0.539. The van der Waals surface area contributed by atoms with Crippen LogP contribution < -0.4 is 5.32 Å². The van der Waals surface area contributed by atoms with Crippen molar-refractivity contribution in [1.82, 2.24) is 0 Å². The maximum Gasteiger partial charge on any atom is 0.0992 e. The van der Waals surface area contributed by atoms with Gasteiger partial charge in [0.2, 0.25) is 0 Å². The topological polar surface area (TPSA) is 35.8 Å². The van der Waals surface area contributed by atoms with Gasteiger partial charge in [0, 0.05) is 16.2 Å². The van der Waals surface area contributed by atoms with Crippen LogP contribution in [0.4, 0.5) is 5.69 Å². The zero-order valence-electron chi connectivity index (χ0n) is 10.9. The molecule has 0 bridgehead atoms. The van der Waals surface area contributed by atoms with Gasteiger partial charge in [-0.15, -0.1) is 0 Å². The normalized spacial score (nSPS) is 27.6. The van der Waals surface area contributed by atoms with Gasteiger partial charge in [0.05, 0.1) is 11.6 Å². The van der Waals surface area contributed by atoms with E-state index < -0.39 is 0 Å². The summed E-state index contributed by atoms with van der Waals surface area (Å²) in [7, 11) is 0. The van der Waals surface area contributed by atoms with Crippen LogP contribution in [0.3, 0.4) is 0 Å². The van der Waals surface area contributed by atoms with Gasteiger partial charge in [-0.2, -0.15) is 5.26 Å². The molecule has 1 aromatic rings. The van der Waals surface area contributed by atoms with Crippen molar-refractivity contribution in [3.05, 3.63) is 28.2 Å². The van der Waals surface area contributed by atoms with Crippen molar-refractivity contribution in [2.24, 2.45) is 11.8 Å². The van der Waals surface area contributed by atoms with Crippen LogP contribution in [0.2, 0.25) is 0 Å². The second-order valence-electron chi connectivity index (χ2n) is 5.45. The first-order valence-electron chi connectivity index (χ1n) is 6.55. The van der Waals surface area contributed by atoms with Gasteiger partial charge in [-0.3, -0.25) is 0 Å². The number of benzene rings is 1. The molecule has 18 heavy (non-hydrogen) atoms. The Balaban J connectivity index is 2.06. The lowest BCUT2D eigenvalue weighted by Crippen LogP contribution is -2.30. The van der Waals surface area contributed by atoms with Crippen molar-refractivity contribution in [2.45, 2.75) is 39.2 Å². The summed E-state index contributed by atoms with van der Waals surface area (Å²) in [4.78, 5) is 0. The number of halogens is 1. The average Bonchev–Trinajstić information content (AvgIpc) is 2.33. The van der Waals surface area contributed by atoms with Crippen molar-refractivity contribution in [3.63, 3.8) is 0 Å². The molecular formula is C15H19BrN2. The van der Waals surface area contributed by atoms with Gasteiger partial charge >= 0.3 is 0 Å². The lowest BCUT2D eigenvalue weighted by molar-refractivity contribution is 0.261. The summed E-state index contributed by atoms with van der Waals surface area (Å²) in [5.41, 5.74) is 1.75. The first-order valence-corrected chi connectivity index (χ1v) is 7.35. The van der Waals surface area contributed by atoms with Crippen molar-refractivity contribution >= 4 is 21.6 Å². The molecule has 2 rings (SSSR count). The minimum absolute atomic E-state index is 0.539. The van der Waals surface area contributed by atoms with E-state index in [1.165, 1.54) is 19.3 Å². The van der Waals surface area contributed by atoms with Crippen LogP contribution in [0.1, 0.15) is 38.7 Å². The van der Waals surface area contributed by atoms with Crippen molar-refractivity contribution in [1.29, 1.82) is 5.26 Å². The summed E-state index contributed by atoms with van der Waals surface area (Å²) in [6.07, 6.45) is 3.73. The van der Waals surface area contributed by atoms with E-state index in [1.807, 2.05) is 18.2 Å². The van der Waals surface area contributed by atoms with Crippen LogP contribution in [0.15, 0.2) is 22.7 Å². The lowest BCUT2D eigenvalue weighted by atomic mass is 9.79. The third-order valence-electron chi connectivity index (χ3n) is 4.00. The monoisotopic (exact) mass is 306 g/mol. The van der Waals surface area contributed by atoms with E-state index >= 15 is 0 Å². The SMILES string of the molecule is CC1CCC(Nc2cc(Br)cc(C#N)c2)CC1C. The van der Waals surface area contributed by atoms with Gasteiger partial charge in [-0.25, -0.2) is 0 Å². The molecule has 0 heterocycles. The Morgan fingerprint density at radius 2 is 2.00 bits per heavy atom. The molecule has 0 radical (unpaired) electrons. The third kappa shape index (κ3) is 3.26. The molecule has 1 saturated carbocycles. The molecule has 0 aliphatic heterocycles. The third-order valence-corrected chi connectivity index (χ3v) is 4.45. The minimum Gasteiger partial charge on any atom is -0.382 e. The molecule has 1 aromatic carbocycles. The number of nitriles is 1. The Bertz CT molecular complexity index is 464. The van der Waals surface area contributed by atoms with Gasteiger partial charge in [-0.05, 0) is 49.3 Å². The molecule has 3 atom stereocenters. The summed E-state index contributed by atoms with van der Waals surface area (Å²) in [5, 5.41) is 12.5. The summed E-state index contributed by atoms with van der Waals surface area (Å²) in [6, 6.07) is 8.54. The standard InChI is InChI=1S/C15H19BrN2/c1-10-3-4-14(5-11(10)2)18-15-7-12(9-17)6-13(16)8-15/h6-8,10-11,14,18H,3-5H2,1-2H3. The fourth-order valence-corrected chi connectivity index (χ4v) is 3.15. The molecule has 1 aliphatic rings. The first kappa shape index (κ1) is 13.4. The summed E-state index contributed by atoms with van der Waals surface area (Å²) in [6.45, 7) is 4.67. The molecule has 96 valence electrons. The molecule has 1 aliphatic carbocycles. The number of hydrogen-bond donors (Lipinski definition) is 1. The highest BCUT2D eigenvalue weighted by Gasteiger charge is 2.24. The second-order valence-corrected chi connectivity index (χ2v) is 6.36. The highest BCUT2D eigenvalue weighted by atomic mass is 79.9.